The van der Waals surface area contributed by atoms with Gasteiger partial charge in [-0.25, -0.2) is 9.67 Å². The first-order chi connectivity index (χ1) is 8.63. The topological polar surface area (TPSA) is 74.6 Å². The smallest absolute Gasteiger partial charge is 0.319 e. The van der Waals surface area contributed by atoms with Gasteiger partial charge in [0.15, 0.2) is 5.82 Å². The van der Waals surface area contributed by atoms with E-state index < -0.39 is 6.55 Å². The van der Waals surface area contributed by atoms with E-state index in [0.717, 1.165) is 16.7 Å². The van der Waals surface area contributed by atoms with Gasteiger partial charge in [0.25, 0.3) is 0 Å². The number of nitrogen functional groups attached to an aromatic ring is 1. The number of nitrogens with zero attached hydrogens (tertiary/aromatic N) is 5. The molecule has 2 aromatic rings. The van der Waals surface area contributed by atoms with Gasteiger partial charge in [0.2, 0.25) is 0 Å². The van der Waals surface area contributed by atoms with Gasteiger partial charge in [-0.2, -0.15) is 8.78 Å². The van der Waals surface area contributed by atoms with Crippen LogP contribution in [0.2, 0.25) is 0 Å². The number of imidazole rings is 1. The predicted octanol–water partition coefficient (Wildman–Crippen LogP) is 1.45. The van der Waals surface area contributed by atoms with Gasteiger partial charge >= 0.3 is 6.55 Å². The van der Waals surface area contributed by atoms with Crippen LogP contribution in [0.15, 0.2) is 12.4 Å². The third kappa shape index (κ3) is 2.31. The van der Waals surface area contributed by atoms with Crippen molar-refractivity contribution in [2.75, 3.05) is 5.73 Å². The number of alkyl halides is 2. The summed E-state index contributed by atoms with van der Waals surface area (Å²) >= 11 is 0. The maximum atomic E-state index is 12.7. The zero-order valence-electron chi connectivity index (χ0n) is 9.92. The average Bonchev–Trinajstić information content (AvgIpc) is 2.91. The largest absolute Gasteiger partial charge is 0.381 e. The van der Waals surface area contributed by atoms with Crippen LogP contribution in [-0.4, -0.2) is 24.5 Å². The van der Waals surface area contributed by atoms with Crippen LogP contribution in [0.5, 0.6) is 0 Å². The Morgan fingerprint density at radius 1 is 1.44 bits per heavy atom. The number of nitrogens with two attached hydrogens (primary N) is 1. The summed E-state index contributed by atoms with van der Waals surface area (Å²) in [5, 5.41) is 7.61. The van der Waals surface area contributed by atoms with Crippen LogP contribution in [-0.2, 0) is 13.0 Å². The summed E-state index contributed by atoms with van der Waals surface area (Å²) in [5.41, 5.74) is 6.44. The minimum Gasteiger partial charge on any atom is -0.381 e. The Morgan fingerprint density at radius 2 is 2.22 bits per heavy atom. The summed E-state index contributed by atoms with van der Waals surface area (Å²) in [6, 6.07) is 0. The minimum absolute atomic E-state index is 0.136. The van der Waals surface area contributed by atoms with Crippen molar-refractivity contribution in [1.29, 1.82) is 0 Å². The Balaban J connectivity index is 2.26. The zero-order chi connectivity index (χ0) is 13.1. The van der Waals surface area contributed by atoms with Gasteiger partial charge in [-0.05, 0) is 6.42 Å². The van der Waals surface area contributed by atoms with Crippen LogP contribution in [0.3, 0.4) is 0 Å². The average molecular weight is 256 g/mol. The Kier molecular flexibility index (Phi) is 3.54. The van der Waals surface area contributed by atoms with Gasteiger partial charge in [0.05, 0.1) is 5.69 Å². The van der Waals surface area contributed by atoms with Crippen LogP contribution < -0.4 is 5.73 Å². The Labute approximate surface area is 102 Å². The normalized spacial score (nSPS) is 11.3. The molecule has 0 spiro atoms. The second-order valence-corrected chi connectivity index (χ2v) is 3.86. The SMILES string of the molecule is CCCc1c(N)nnn1Cc1nccn1C(F)F. The minimum atomic E-state index is -2.61. The third-order valence-electron chi connectivity index (χ3n) is 2.60. The van der Waals surface area contributed by atoms with Crippen molar-refractivity contribution in [2.45, 2.75) is 32.9 Å². The molecule has 0 aliphatic heterocycles. The van der Waals surface area contributed by atoms with Crippen LogP contribution in [0, 0.1) is 0 Å². The number of hydrogen-bond donors (Lipinski definition) is 1. The van der Waals surface area contributed by atoms with Gasteiger partial charge < -0.3 is 5.73 Å². The summed E-state index contributed by atoms with van der Waals surface area (Å²) < 4.78 is 27.7. The predicted molar refractivity (Wildman–Crippen MR) is 61.0 cm³/mol. The van der Waals surface area contributed by atoms with Crippen molar-refractivity contribution in [1.82, 2.24) is 24.5 Å². The fourth-order valence-electron chi connectivity index (χ4n) is 1.75. The molecule has 0 amide bonds. The molecular formula is C10H14F2N6. The number of aromatic nitrogens is 5. The Bertz CT molecular complexity index is 518. The molecule has 8 heteroatoms. The molecule has 6 nitrogen and oxygen atoms in total. The lowest BCUT2D eigenvalue weighted by Gasteiger charge is -2.08. The quantitative estimate of drug-likeness (QED) is 0.878. The molecule has 0 bridgehead atoms. The van der Waals surface area contributed by atoms with Crippen LogP contribution in [0.1, 0.15) is 31.4 Å². The van der Waals surface area contributed by atoms with Gasteiger partial charge in [0.1, 0.15) is 12.4 Å². The van der Waals surface area contributed by atoms with E-state index in [4.69, 9.17) is 5.73 Å². The number of anilines is 1. The van der Waals surface area contributed by atoms with E-state index in [-0.39, 0.29) is 12.4 Å². The van der Waals surface area contributed by atoms with E-state index in [1.54, 1.807) is 0 Å². The van der Waals surface area contributed by atoms with Crippen molar-refractivity contribution in [3.8, 4) is 0 Å². The standard InChI is InChI=1S/C10H14F2N6/c1-2-3-7-9(13)15-16-18(7)6-8-14-4-5-17(8)10(11)12/h4-5,10H,2-3,6,13H2,1H3. The van der Waals surface area contributed by atoms with Gasteiger partial charge in [-0.15, -0.1) is 5.10 Å². The molecule has 2 N–H and O–H groups in total. The lowest BCUT2D eigenvalue weighted by molar-refractivity contribution is 0.0665. The molecule has 0 fully saturated rings. The Morgan fingerprint density at radius 3 is 2.89 bits per heavy atom. The van der Waals surface area contributed by atoms with Crippen molar-refractivity contribution in [3.05, 3.63) is 23.9 Å². The highest BCUT2D eigenvalue weighted by Gasteiger charge is 2.15. The molecule has 0 aliphatic rings. The second-order valence-electron chi connectivity index (χ2n) is 3.86. The van der Waals surface area contributed by atoms with Crippen molar-refractivity contribution >= 4 is 5.82 Å². The molecular weight excluding hydrogens is 242 g/mol. The van der Waals surface area contributed by atoms with E-state index in [0.29, 0.717) is 12.2 Å². The molecule has 18 heavy (non-hydrogen) atoms. The third-order valence-corrected chi connectivity index (χ3v) is 2.60. The first-order valence-electron chi connectivity index (χ1n) is 5.61. The highest BCUT2D eigenvalue weighted by molar-refractivity contribution is 5.33. The van der Waals surface area contributed by atoms with Crippen molar-refractivity contribution < 1.29 is 8.78 Å². The van der Waals surface area contributed by atoms with E-state index in [1.807, 2.05) is 6.92 Å². The first-order valence-corrected chi connectivity index (χ1v) is 5.61. The molecule has 0 saturated heterocycles. The number of hydrogen-bond acceptors (Lipinski definition) is 4. The van der Waals surface area contributed by atoms with Crippen molar-refractivity contribution in [2.24, 2.45) is 0 Å². The lowest BCUT2D eigenvalue weighted by atomic mass is 10.2. The highest BCUT2D eigenvalue weighted by Crippen LogP contribution is 2.15. The second kappa shape index (κ2) is 5.11. The summed E-state index contributed by atoms with van der Waals surface area (Å²) in [4.78, 5) is 3.90. The zero-order valence-corrected chi connectivity index (χ0v) is 9.92. The van der Waals surface area contributed by atoms with Crippen LogP contribution in [0.4, 0.5) is 14.6 Å². The number of rotatable bonds is 5. The molecule has 0 radical (unpaired) electrons. The van der Waals surface area contributed by atoms with Crippen molar-refractivity contribution in [3.63, 3.8) is 0 Å². The summed E-state index contributed by atoms with van der Waals surface area (Å²) in [5.74, 6) is 0.569. The number of halogens is 2. The first kappa shape index (κ1) is 12.5. The fourth-order valence-corrected chi connectivity index (χ4v) is 1.75. The van der Waals surface area contributed by atoms with Gasteiger partial charge in [-0.3, -0.25) is 4.57 Å². The van der Waals surface area contributed by atoms with Crippen LogP contribution >= 0.6 is 0 Å². The van der Waals surface area contributed by atoms with Gasteiger partial charge in [0, 0.05) is 12.4 Å². The fraction of sp³-hybridized carbons (Fsp3) is 0.500. The van der Waals surface area contributed by atoms with E-state index in [1.165, 1.54) is 17.1 Å². The lowest BCUT2D eigenvalue weighted by Crippen LogP contribution is -2.12. The molecule has 2 heterocycles. The Hall–Kier alpha value is -1.99. The summed E-state index contributed by atoms with van der Waals surface area (Å²) in [7, 11) is 0. The maximum absolute atomic E-state index is 12.7. The van der Waals surface area contributed by atoms with E-state index in [9.17, 15) is 8.78 Å². The monoisotopic (exact) mass is 256 g/mol. The molecule has 0 atom stereocenters. The molecule has 0 aromatic carbocycles. The molecule has 2 rings (SSSR count). The van der Waals surface area contributed by atoms with E-state index in [2.05, 4.69) is 15.3 Å². The maximum Gasteiger partial charge on any atom is 0.319 e. The van der Waals surface area contributed by atoms with Crippen LogP contribution in [0.25, 0.3) is 0 Å². The molecule has 98 valence electrons. The van der Waals surface area contributed by atoms with E-state index >= 15 is 0 Å². The summed E-state index contributed by atoms with van der Waals surface area (Å²) in [6.07, 6.45) is 4.15. The highest BCUT2D eigenvalue weighted by atomic mass is 19.3. The molecule has 0 aliphatic carbocycles. The molecule has 0 unspecified atom stereocenters. The molecule has 2 aromatic heterocycles. The summed E-state index contributed by atoms with van der Waals surface area (Å²) in [6.45, 7) is -0.480. The molecule has 0 saturated carbocycles. The van der Waals surface area contributed by atoms with Gasteiger partial charge in [-0.1, -0.05) is 18.6 Å².